The molecule has 4 rings (SSSR count). The van der Waals surface area contributed by atoms with Crippen LogP contribution in [0, 0.1) is 0 Å². The minimum atomic E-state index is -0.373. The van der Waals surface area contributed by atoms with Gasteiger partial charge < -0.3 is 14.8 Å². The van der Waals surface area contributed by atoms with Gasteiger partial charge in [-0.05, 0) is 56.9 Å². The molecule has 7 nitrogen and oxygen atoms in total. The summed E-state index contributed by atoms with van der Waals surface area (Å²) in [4.78, 5) is 28.6. The van der Waals surface area contributed by atoms with Gasteiger partial charge in [-0.15, -0.1) is 16.8 Å². The van der Waals surface area contributed by atoms with Gasteiger partial charge in [-0.1, -0.05) is 68.0 Å². The lowest BCUT2D eigenvalue weighted by Crippen LogP contribution is -2.49. The molecule has 2 fully saturated rings. The van der Waals surface area contributed by atoms with Crippen LogP contribution < -0.4 is 5.32 Å². The van der Waals surface area contributed by atoms with E-state index >= 15 is 0 Å². The molecule has 1 heterocycles. The summed E-state index contributed by atoms with van der Waals surface area (Å²) < 4.78 is 1.93. The number of rotatable bonds is 10. The third kappa shape index (κ3) is 7.17. The first-order valence-corrected chi connectivity index (χ1v) is 14.9. The number of nitrogens with one attached hydrogen (secondary N) is 1. The topological polar surface area (TPSA) is 80.1 Å². The first kappa shape index (κ1) is 27.7. The molecule has 0 radical (unpaired) electrons. The van der Waals surface area contributed by atoms with Crippen molar-refractivity contribution in [1.82, 2.24) is 25.0 Å². The molecule has 0 unspecified atom stereocenters. The van der Waals surface area contributed by atoms with Gasteiger partial charge in [0.1, 0.15) is 0 Å². The summed E-state index contributed by atoms with van der Waals surface area (Å²) in [5.74, 6) is 0.974. The summed E-state index contributed by atoms with van der Waals surface area (Å²) in [5, 5.41) is 13.0. The largest absolute Gasteiger partial charge is 0.342 e. The quantitative estimate of drug-likeness (QED) is 0.285. The number of hydrogen-bond acceptors (Lipinski definition) is 5. The zero-order chi connectivity index (χ0) is 26.2. The zero-order valence-electron chi connectivity index (χ0n) is 21.7. The van der Waals surface area contributed by atoms with Crippen LogP contribution in [0.5, 0.6) is 0 Å². The highest BCUT2D eigenvalue weighted by Crippen LogP contribution is 2.31. The molecule has 2 amide bonds. The van der Waals surface area contributed by atoms with Crippen molar-refractivity contribution in [3.8, 4) is 0 Å². The Morgan fingerprint density at radius 1 is 1.08 bits per heavy atom. The molecular weight excluding hydrogens is 506 g/mol. The van der Waals surface area contributed by atoms with E-state index in [-0.39, 0.29) is 17.9 Å². The van der Waals surface area contributed by atoms with Gasteiger partial charge in [0, 0.05) is 29.2 Å². The molecule has 2 aromatic rings. The van der Waals surface area contributed by atoms with E-state index < -0.39 is 0 Å². The summed E-state index contributed by atoms with van der Waals surface area (Å²) in [5.41, 5.74) is 0.525. The Balaban J connectivity index is 1.44. The summed E-state index contributed by atoms with van der Waals surface area (Å²) in [7, 11) is 0. The lowest BCUT2D eigenvalue weighted by Gasteiger charge is -2.41. The van der Waals surface area contributed by atoms with Crippen molar-refractivity contribution in [3.05, 3.63) is 53.3 Å². The molecular formula is C28H38ClN5O2S. The fourth-order valence-corrected chi connectivity index (χ4v) is 6.55. The van der Waals surface area contributed by atoms with Crippen molar-refractivity contribution < 1.29 is 9.59 Å². The maximum Gasteiger partial charge on any atom is 0.251 e. The van der Waals surface area contributed by atoms with Gasteiger partial charge in [-0.25, -0.2) is 0 Å². The SMILES string of the molecule is C=CCn1c(SCC(=O)N(C2CCCCC2)C2CCCCC2)nnc1[C@@H](C)NC(=O)c1ccc(Cl)cc1. The standard InChI is InChI=1S/C28H38ClN5O2S/c1-3-18-33-26(20(2)30-27(36)21-14-16-22(29)17-15-21)31-32-28(33)37-19-25(35)34(23-10-6-4-7-11-23)24-12-8-5-9-13-24/h3,14-17,20,23-24H,1,4-13,18-19H2,2H3,(H,30,36)/t20-/m1/s1. The van der Waals surface area contributed by atoms with E-state index in [9.17, 15) is 9.59 Å². The number of halogens is 1. The monoisotopic (exact) mass is 543 g/mol. The molecule has 1 atom stereocenters. The predicted octanol–water partition coefficient (Wildman–Crippen LogP) is 6.19. The van der Waals surface area contributed by atoms with Crippen LogP contribution in [0.15, 0.2) is 42.1 Å². The molecule has 0 aliphatic heterocycles. The minimum absolute atomic E-state index is 0.211. The Morgan fingerprint density at radius 3 is 2.24 bits per heavy atom. The summed E-state index contributed by atoms with van der Waals surface area (Å²) >= 11 is 7.37. The molecule has 2 aliphatic carbocycles. The Bertz CT molecular complexity index is 1040. The van der Waals surface area contributed by atoms with Gasteiger partial charge in [0.2, 0.25) is 5.91 Å². The number of allylic oxidation sites excluding steroid dienone is 1. The van der Waals surface area contributed by atoms with Crippen LogP contribution in [0.2, 0.25) is 5.02 Å². The van der Waals surface area contributed by atoms with E-state index in [1.54, 1.807) is 30.3 Å². The Labute approximate surface area is 229 Å². The molecule has 2 saturated carbocycles. The second-order valence-electron chi connectivity index (χ2n) is 10.1. The second kappa shape index (κ2) is 13.5. The number of benzene rings is 1. The highest BCUT2D eigenvalue weighted by atomic mass is 35.5. The van der Waals surface area contributed by atoms with Crippen molar-refractivity contribution >= 4 is 35.2 Å². The summed E-state index contributed by atoms with van der Waals surface area (Å²) in [6.07, 6.45) is 13.7. The number of aromatic nitrogens is 3. The third-order valence-electron chi connectivity index (χ3n) is 7.45. The molecule has 0 spiro atoms. The normalized spacial score (nSPS) is 17.8. The van der Waals surface area contributed by atoms with E-state index in [0.717, 1.165) is 25.7 Å². The zero-order valence-corrected chi connectivity index (χ0v) is 23.3. The van der Waals surface area contributed by atoms with E-state index in [1.165, 1.54) is 50.3 Å². The number of thioether (sulfide) groups is 1. The van der Waals surface area contributed by atoms with Crippen LogP contribution in [-0.2, 0) is 11.3 Å². The first-order valence-electron chi connectivity index (χ1n) is 13.5. The lowest BCUT2D eigenvalue weighted by atomic mass is 9.88. The van der Waals surface area contributed by atoms with Crippen LogP contribution >= 0.6 is 23.4 Å². The molecule has 37 heavy (non-hydrogen) atoms. The van der Waals surface area contributed by atoms with Crippen LogP contribution in [0.1, 0.15) is 93.4 Å². The average Bonchev–Trinajstić information content (AvgIpc) is 3.32. The fraction of sp³-hybridized carbons (Fsp3) is 0.571. The molecule has 1 N–H and O–H groups in total. The number of carbonyl (C=O) groups excluding carboxylic acids is 2. The van der Waals surface area contributed by atoms with Gasteiger partial charge >= 0.3 is 0 Å². The van der Waals surface area contributed by atoms with Crippen molar-refractivity contribution in [3.63, 3.8) is 0 Å². The Morgan fingerprint density at radius 2 is 1.68 bits per heavy atom. The molecule has 1 aromatic carbocycles. The third-order valence-corrected chi connectivity index (χ3v) is 8.65. The van der Waals surface area contributed by atoms with Crippen molar-refractivity contribution in [2.24, 2.45) is 0 Å². The van der Waals surface area contributed by atoms with Gasteiger partial charge in [-0.2, -0.15) is 0 Å². The highest BCUT2D eigenvalue weighted by Gasteiger charge is 2.32. The van der Waals surface area contributed by atoms with Gasteiger partial charge in [0.25, 0.3) is 5.91 Å². The van der Waals surface area contributed by atoms with E-state index in [4.69, 9.17) is 11.6 Å². The number of nitrogens with zero attached hydrogens (tertiary/aromatic N) is 4. The van der Waals surface area contributed by atoms with Crippen LogP contribution in [0.25, 0.3) is 0 Å². The average molecular weight is 544 g/mol. The fourth-order valence-electron chi connectivity index (χ4n) is 5.60. The number of amides is 2. The number of hydrogen-bond donors (Lipinski definition) is 1. The van der Waals surface area contributed by atoms with Crippen LogP contribution in [-0.4, -0.2) is 49.3 Å². The molecule has 9 heteroatoms. The smallest absolute Gasteiger partial charge is 0.251 e. The van der Waals surface area contributed by atoms with Crippen LogP contribution in [0.3, 0.4) is 0 Å². The van der Waals surface area contributed by atoms with Gasteiger partial charge in [-0.3, -0.25) is 9.59 Å². The van der Waals surface area contributed by atoms with Crippen molar-refractivity contribution in [1.29, 1.82) is 0 Å². The van der Waals surface area contributed by atoms with Crippen molar-refractivity contribution in [2.45, 2.75) is 101 Å². The molecule has 1 aromatic heterocycles. The number of carbonyl (C=O) groups is 2. The minimum Gasteiger partial charge on any atom is -0.342 e. The lowest BCUT2D eigenvalue weighted by molar-refractivity contribution is -0.135. The first-order chi connectivity index (χ1) is 18.0. The van der Waals surface area contributed by atoms with Gasteiger partial charge in [0.05, 0.1) is 11.8 Å². The molecule has 2 aliphatic rings. The summed E-state index contributed by atoms with van der Waals surface area (Å²) in [6.45, 7) is 6.25. The summed E-state index contributed by atoms with van der Waals surface area (Å²) in [6, 6.07) is 7.13. The Hall–Kier alpha value is -2.32. The molecule has 0 saturated heterocycles. The van der Waals surface area contributed by atoms with E-state index in [2.05, 4.69) is 27.0 Å². The highest BCUT2D eigenvalue weighted by molar-refractivity contribution is 7.99. The predicted molar refractivity (Wildman–Crippen MR) is 149 cm³/mol. The maximum absolute atomic E-state index is 13.6. The Kier molecular flexibility index (Phi) is 10.1. The van der Waals surface area contributed by atoms with Gasteiger partial charge in [0.15, 0.2) is 11.0 Å². The maximum atomic E-state index is 13.6. The second-order valence-corrected chi connectivity index (χ2v) is 11.5. The molecule has 0 bridgehead atoms. The van der Waals surface area contributed by atoms with Crippen molar-refractivity contribution in [2.75, 3.05) is 5.75 Å². The molecule has 200 valence electrons. The van der Waals surface area contributed by atoms with Crippen LogP contribution in [0.4, 0.5) is 0 Å². The van der Waals surface area contributed by atoms with E-state index in [1.807, 2.05) is 11.5 Å². The van der Waals surface area contributed by atoms with E-state index in [0.29, 0.717) is 45.9 Å².